The zero-order chi connectivity index (χ0) is 25.5. The maximum absolute atomic E-state index is 12.3. The number of hydrazone groups is 1. The number of hydrogen-bond acceptors (Lipinski definition) is 6. The summed E-state index contributed by atoms with van der Waals surface area (Å²) in [6, 6.07) is 13.7. The Morgan fingerprint density at radius 3 is 2.37 bits per heavy atom. The van der Waals surface area contributed by atoms with Crippen LogP contribution in [0.25, 0.3) is 0 Å². The van der Waals surface area contributed by atoms with E-state index in [-0.39, 0.29) is 39.6 Å². The number of halogens is 2. The van der Waals surface area contributed by atoms with Gasteiger partial charge in [-0.25, -0.2) is 5.43 Å². The number of nitrogens with zero attached hydrogens (tertiary/aromatic N) is 2. The van der Waals surface area contributed by atoms with Crippen molar-refractivity contribution in [1.29, 1.82) is 0 Å². The molecule has 11 heteroatoms. The van der Waals surface area contributed by atoms with Crippen LogP contribution in [0.1, 0.15) is 27.0 Å². The summed E-state index contributed by atoms with van der Waals surface area (Å²) in [5.74, 6) is -0.787. The highest BCUT2D eigenvalue weighted by atomic mass is 35.5. The van der Waals surface area contributed by atoms with Gasteiger partial charge >= 0.3 is 0 Å². The van der Waals surface area contributed by atoms with Gasteiger partial charge in [-0.1, -0.05) is 35.3 Å². The first-order valence-corrected chi connectivity index (χ1v) is 11.0. The zero-order valence-corrected chi connectivity index (χ0v) is 20.2. The highest BCUT2D eigenvalue weighted by Crippen LogP contribution is 2.34. The SMILES string of the molecule is Cc1cccc(NC(=O)COc2c(Cl)cc(/C=N/NC(=O)c3ccc([N+](=O)[O-])cc3)cc2Cl)c1C. The molecule has 0 bridgehead atoms. The molecule has 0 saturated carbocycles. The molecular weight excluding hydrogens is 495 g/mol. The van der Waals surface area contributed by atoms with Gasteiger partial charge in [0.25, 0.3) is 17.5 Å². The van der Waals surface area contributed by atoms with E-state index in [0.29, 0.717) is 11.3 Å². The first-order chi connectivity index (χ1) is 16.7. The molecule has 35 heavy (non-hydrogen) atoms. The number of non-ortho nitro benzene ring substituents is 1. The molecule has 0 radical (unpaired) electrons. The third-order valence-corrected chi connectivity index (χ3v) is 5.53. The van der Waals surface area contributed by atoms with Gasteiger partial charge in [0, 0.05) is 23.4 Å². The maximum Gasteiger partial charge on any atom is 0.271 e. The monoisotopic (exact) mass is 514 g/mol. The second kappa shape index (κ2) is 11.5. The van der Waals surface area contributed by atoms with Crippen molar-refractivity contribution in [2.24, 2.45) is 5.10 Å². The molecule has 0 aliphatic carbocycles. The van der Waals surface area contributed by atoms with E-state index in [0.717, 1.165) is 11.1 Å². The van der Waals surface area contributed by atoms with Gasteiger partial charge in [-0.15, -0.1) is 0 Å². The molecule has 0 spiro atoms. The van der Waals surface area contributed by atoms with Crippen molar-refractivity contribution in [3.63, 3.8) is 0 Å². The fourth-order valence-electron chi connectivity index (χ4n) is 2.97. The molecule has 0 fully saturated rings. The molecule has 180 valence electrons. The second-order valence-electron chi connectivity index (χ2n) is 7.40. The Hall–Kier alpha value is -3.95. The van der Waals surface area contributed by atoms with Gasteiger partial charge in [-0.2, -0.15) is 5.10 Å². The number of nitro benzene ring substituents is 1. The molecule has 0 unspecified atom stereocenters. The number of nitro groups is 1. The smallest absolute Gasteiger partial charge is 0.271 e. The van der Waals surface area contributed by atoms with Gasteiger partial charge in [0.2, 0.25) is 0 Å². The minimum Gasteiger partial charge on any atom is -0.481 e. The van der Waals surface area contributed by atoms with Crippen molar-refractivity contribution < 1.29 is 19.2 Å². The third kappa shape index (κ3) is 6.78. The average Bonchev–Trinajstić information content (AvgIpc) is 2.81. The van der Waals surface area contributed by atoms with Gasteiger partial charge < -0.3 is 10.1 Å². The van der Waals surface area contributed by atoms with Crippen LogP contribution in [-0.2, 0) is 4.79 Å². The first-order valence-electron chi connectivity index (χ1n) is 10.2. The van der Waals surface area contributed by atoms with E-state index >= 15 is 0 Å². The summed E-state index contributed by atoms with van der Waals surface area (Å²) >= 11 is 12.5. The van der Waals surface area contributed by atoms with Gasteiger partial charge in [0.1, 0.15) is 0 Å². The quantitative estimate of drug-likeness (QED) is 0.240. The molecule has 2 amide bonds. The van der Waals surface area contributed by atoms with Crippen LogP contribution in [0.2, 0.25) is 10.0 Å². The molecule has 3 aromatic carbocycles. The van der Waals surface area contributed by atoms with Crippen LogP contribution in [0, 0.1) is 24.0 Å². The van der Waals surface area contributed by atoms with E-state index in [9.17, 15) is 19.7 Å². The Kier molecular flexibility index (Phi) is 8.40. The van der Waals surface area contributed by atoms with Crippen molar-refractivity contribution in [2.45, 2.75) is 13.8 Å². The van der Waals surface area contributed by atoms with Gasteiger partial charge in [-0.05, 0) is 60.9 Å². The highest BCUT2D eigenvalue weighted by molar-refractivity contribution is 6.37. The Morgan fingerprint density at radius 1 is 1.09 bits per heavy atom. The number of hydrogen-bond donors (Lipinski definition) is 2. The fraction of sp³-hybridized carbons (Fsp3) is 0.125. The minimum atomic E-state index is -0.557. The number of amides is 2. The van der Waals surface area contributed by atoms with E-state index < -0.39 is 10.8 Å². The van der Waals surface area contributed by atoms with Crippen molar-refractivity contribution in [3.8, 4) is 5.75 Å². The van der Waals surface area contributed by atoms with Crippen LogP contribution in [0.4, 0.5) is 11.4 Å². The topological polar surface area (TPSA) is 123 Å². The van der Waals surface area contributed by atoms with Crippen LogP contribution in [0.3, 0.4) is 0 Å². The number of rotatable bonds is 8. The Morgan fingerprint density at radius 2 is 1.74 bits per heavy atom. The summed E-state index contributed by atoms with van der Waals surface area (Å²) in [6.07, 6.45) is 1.32. The summed E-state index contributed by atoms with van der Waals surface area (Å²) in [4.78, 5) is 34.6. The number of carbonyl (C=O) groups is 2. The lowest BCUT2D eigenvalue weighted by Gasteiger charge is -2.13. The molecule has 0 aliphatic rings. The zero-order valence-electron chi connectivity index (χ0n) is 18.7. The summed E-state index contributed by atoms with van der Waals surface area (Å²) in [5, 5.41) is 17.6. The third-order valence-electron chi connectivity index (χ3n) is 4.97. The van der Waals surface area contributed by atoms with Gasteiger partial charge in [0.05, 0.1) is 21.2 Å². The Balaban J connectivity index is 1.59. The number of nitrogens with one attached hydrogen (secondary N) is 2. The standard InChI is InChI=1S/C24H20Cl2N4O5/c1-14-4-3-5-21(15(14)2)28-22(31)13-35-23-19(25)10-16(11-20(23)26)12-27-29-24(32)17-6-8-18(9-7-17)30(33)34/h3-12H,13H2,1-2H3,(H,28,31)(H,29,32)/b27-12+. The van der Waals surface area contributed by atoms with Gasteiger partial charge in [0.15, 0.2) is 12.4 Å². The van der Waals surface area contributed by atoms with E-state index in [1.807, 2.05) is 26.0 Å². The minimum absolute atomic E-state index is 0.126. The molecule has 3 rings (SSSR count). The number of anilines is 1. The molecular formula is C24H20Cl2N4O5. The first kappa shape index (κ1) is 25.7. The second-order valence-corrected chi connectivity index (χ2v) is 8.22. The maximum atomic E-state index is 12.3. The molecule has 3 aromatic rings. The lowest BCUT2D eigenvalue weighted by atomic mass is 10.1. The predicted octanol–water partition coefficient (Wildman–Crippen LogP) is 5.30. The van der Waals surface area contributed by atoms with Crippen molar-refractivity contribution in [2.75, 3.05) is 11.9 Å². The van der Waals surface area contributed by atoms with Crippen molar-refractivity contribution >= 4 is 52.6 Å². The van der Waals surface area contributed by atoms with E-state index in [2.05, 4.69) is 15.8 Å². The van der Waals surface area contributed by atoms with E-state index in [4.69, 9.17) is 27.9 Å². The lowest BCUT2D eigenvalue weighted by Crippen LogP contribution is -2.21. The Labute approximate surface area is 210 Å². The fourth-order valence-corrected chi connectivity index (χ4v) is 3.58. The highest BCUT2D eigenvalue weighted by Gasteiger charge is 2.13. The van der Waals surface area contributed by atoms with E-state index in [1.54, 1.807) is 6.07 Å². The van der Waals surface area contributed by atoms with Gasteiger partial charge in [-0.3, -0.25) is 19.7 Å². The normalized spacial score (nSPS) is 10.7. The summed E-state index contributed by atoms with van der Waals surface area (Å²) in [5.41, 5.74) is 5.56. The number of aryl methyl sites for hydroxylation is 1. The van der Waals surface area contributed by atoms with Crippen LogP contribution in [0.15, 0.2) is 59.7 Å². The van der Waals surface area contributed by atoms with Crippen LogP contribution < -0.4 is 15.5 Å². The average molecular weight is 515 g/mol. The number of ether oxygens (including phenoxy) is 1. The summed E-state index contributed by atoms with van der Waals surface area (Å²) in [6.45, 7) is 3.56. The Bertz CT molecular complexity index is 1290. The summed E-state index contributed by atoms with van der Waals surface area (Å²) in [7, 11) is 0. The molecule has 2 N–H and O–H groups in total. The van der Waals surface area contributed by atoms with Crippen molar-refractivity contribution in [1.82, 2.24) is 5.43 Å². The molecule has 0 aliphatic heterocycles. The predicted molar refractivity (Wildman–Crippen MR) is 135 cm³/mol. The molecule has 9 nitrogen and oxygen atoms in total. The lowest BCUT2D eigenvalue weighted by molar-refractivity contribution is -0.384. The molecule has 0 saturated heterocycles. The molecule has 0 heterocycles. The molecule has 0 atom stereocenters. The van der Waals surface area contributed by atoms with Crippen LogP contribution >= 0.6 is 23.2 Å². The van der Waals surface area contributed by atoms with Crippen LogP contribution in [-0.4, -0.2) is 29.6 Å². The van der Waals surface area contributed by atoms with Crippen molar-refractivity contribution in [3.05, 3.63) is 97.0 Å². The number of carbonyl (C=O) groups excluding carboxylic acids is 2. The van der Waals surface area contributed by atoms with Crippen LogP contribution in [0.5, 0.6) is 5.75 Å². The van der Waals surface area contributed by atoms with E-state index in [1.165, 1.54) is 42.6 Å². The molecule has 0 aromatic heterocycles. The summed E-state index contributed by atoms with van der Waals surface area (Å²) < 4.78 is 5.52. The largest absolute Gasteiger partial charge is 0.481 e. The number of benzene rings is 3.